The highest BCUT2D eigenvalue weighted by atomic mass is 16.3. The van der Waals surface area contributed by atoms with E-state index in [0.717, 1.165) is 37.9 Å². The number of rotatable bonds is 4. The summed E-state index contributed by atoms with van der Waals surface area (Å²) in [5, 5.41) is 11.0. The number of hydrogen-bond donors (Lipinski definition) is 1. The van der Waals surface area contributed by atoms with Crippen LogP contribution in [0.5, 0.6) is 0 Å². The number of carbonyl (C=O) groups is 1. The van der Waals surface area contributed by atoms with Crippen molar-refractivity contribution in [2.24, 2.45) is 0 Å². The Balaban J connectivity index is 1.41. The van der Waals surface area contributed by atoms with Crippen molar-refractivity contribution in [3.05, 3.63) is 66.0 Å². The number of amides is 1. The Morgan fingerprint density at radius 2 is 1.86 bits per heavy atom. The third-order valence-corrected chi connectivity index (χ3v) is 6.23. The number of carbonyl (C=O) groups excluding carboxylic acids is 1. The molecule has 4 rings (SSSR count). The smallest absolute Gasteiger partial charge is 0.239 e. The lowest BCUT2D eigenvalue weighted by Crippen LogP contribution is -2.54. The van der Waals surface area contributed by atoms with Gasteiger partial charge >= 0.3 is 0 Å². The molecular weight excluding hydrogens is 350 g/mol. The van der Waals surface area contributed by atoms with E-state index in [1.165, 1.54) is 5.56 Å². The van der Waals surface area contributed by atoms with Gasteiger partial charge in [0, 0.05) is 37.6 Å². The van der Waals surface area contributed by atoms with Crippen LogP contribution >= 0.6 is 0 Å². The van der Waals surface area contributed by atoms with E-state index in [-0.39, 0.29) is 11.9 Å². The second-order valence-corrected chi connectivity index (χ2v) is 8.07. The predicted molar refractivity (Wildman–Crippen MR) is 108 cm³/mol. The zero-order valence-electron chi connectivity index (χ0n) is 16.3. The maximum absolute atomic E-state index is 13.3. The lowest BCUT2D eigenvalue weighted by Gasteiger charge is -2.42. The third-order valence-electron chi connectivity index (χ3n) is 6.23. The number of benzene rings is 1. The van der Waals surface area contributed by atoms with E-state index >= 15 is 0 Å². The summed E-state index contributed by atoms with van der Waals surface area (Å²) in [4.78, 5) is 21.7. The molecule has 0 saturated carbocycles. The monoisotopic (exact) mass is 379 g/mol. The Kier molecular flexibility index (Phi) is 5.74. The van der Waals surface area contributed by atoms with Crippen molar-refractivity contribution >= 4 is 5.91 Å². The van der Waals surface area contributed by atoms with E-state index in [0.29, 0.717) is 25.9 Å². The molecule has 2 saturated heterocycles. The van der Waals surface area contributed by atoms with Gasteiger partial charge in [0.05, 0.1) is 11.6 Å². The molecule has 2 fully saturated rings. The summed E-state index contributed by atoms with van der Waals surface area (Å²) in [7, 11) is 0. The molecule has 1 atom stereocenters. The van der Waals surface area contributed by atoms with E-state index in [9.17, 15) is 9.90 Å². The molecule has 1 amide bonds. The number of pyridine rings is 1. The minimum Gasteiger partial charge on any atom is -0.385 e. The molecule has 1 aromatic carbocycles. The first-order valence-electron chi connectivity index (χ1n) is 10.4. The van der Waals surface area contributed by atoms with Crippen molar-refractivity contribution in [3.63, 3.8) is 0 Å². The van der Waals surface area contributed by atoms with Crippen molar-refractivity contribution in [1.29, 1.82) is 0 Å². The summed E-state index contributed by atoms with van der Waals surface area (Å²) in [5.74, 6) is 0.226. The molecule has 5 nitrogen and oxygen atoms in total. The highest BCUT2D eigenvalue weighted by Gasteiger charge is 2.38. The minimum absolute atomic E-state index is 0.0430. The zero-order valence-corrected chi connectivity index (χ0v) is 16.3. The third kappa shape index (κ3) is 4.10. The molecule has 0 aliphatic carbocycles. The fraction of sp³-hybridized carbons (Fsp3) is 0.478. The molecule has 5 heteroatoms. The summed E-state index contributed by atoms with van der Waals surface area (Å²) in [5.41, 5.74) is 1.23. The molecule has 2 aliphatic rings. The SMILES string of the molecule is O=C([C@@H]1CCCCN1Cc1ccccc1)N1CCC(O)(c2cccnc2)CC1. The summed E-state index contributed by atoms with van der Waals surface area (Å²) in [6.07, 6.45) is 7.77. The Morgan fingerprint density at radius 1 is 1.07 bits per heavy atom. The normalized spacial score (nSPS) is 22.8. The Morgan fingerprint density at radius 3 is 2.57 bits per heavy atom. The first-order chi connectivity index (χ1) is 13.7. The molecule has 0 unspecified atom stereocenters. The van der Waals surface area contributed by atoms with Gasteiger partial charge in [-0.2, -0.15) is 0 Å². The lowest BCUT2D eigenvalue weighted by molar-refractivity contribution is -0.143. The fourth-order valence-electron chi connectivity index (χ4n) is 4.51. The van der Waals surface area contributed by atoms with Gasteiger partial charge < -0.3 is 10.0 Å². The molecular formula is C23H29N3O2. The molecule has 148 valence electrons. The van der Waals surface area contributed by atoms with Gasteiger partial charge in [0.25, 0.3) is 0 Å². The highest BCUT2D eigenvalue weighted by Crippen LogP contribution is 2.33. The summed E-state index contributed by atoms with van der Waals surface area (Å²) in [6.45, 7) is 2.99. The van der Waals surface area contributed by atoms with Crippen LogP contribution in [0.4, 0.5) is 0 Å². The van der Waals surface area contributed by atoms with Crippen molar-refractivity contribution in [2.45, 2.75) is 50.3 Å². The summed E-state index contributed by atoms with van der Waals surface area (Å²) in [6, 6.07) is 14.1. The van der Waals surface area contributed by atoms with Gasteiger partial charge in [-0.25, -0.2) is 0 Å². The van der Waals surface area contributed by atoms with Gasteiger partial charge in [0.1, 0.15) is 0 Å². The second-order valence-electron chi connectivity index (χ2n) is 8.07. The molecule has 2 aromatic rings. The maximum Gasteiger partial charge on any atom is 0.239 e. The van der Waals surface area contributed by atoms with Gasteiger partial charge in [-0.1, -0.05) is 42.8 Å². The number of hydrogen-bond acceptors (Lipinski definition) is 4. The molecule has 28 heavy (non-hydrogen) atoms. The maximum atomic E-state index is 13.3. The average Bonchev–Trinajstić information content (AvgIpc) is 2.76. The van der Waals surface area contributed by atoms with Crippen LogP contribution in [0.1, 0.15) is 43.2 Å². The van der Waals surface area contributed by atoms with Crippen LogP contribution in [0, 0.1) is 0 Å². The molecule has 1 N–H and O–H groups in total. The first kappa shape index (κ1) is 19.1. The number of nitrogens with zero attached hydrogens (tertiary/aromatic N) is 3. The summed E-state index contributed by atoms with van der Waals surface area (Å²) >= 11 is 0. The number of piperidine rings is 2. The van der Waals surface area contributed by atoms with Crippen molar-refractivity contribution in [1.82, 2.24) is 14.8 Å². The van der Waals surface area contributed by atoms with E-state index in [2.05, 4.69) is 34.1 Å². The first-order valence-corrected chi connectivity index (χ1v) is 10.4. The van der Waals surface area contributed by atoms with Crippen molar-refractivity contribution in [3.8, 4) is 0 Å². The zero-order chi connectivity index (χ0) is 19.4. The lowest BCUT2D eigenvalue weighted by atomic mass is 9.85. The van der Waals surface area contributed by atoms with E-state index in [4.69, 9.17) is 0 Å². The van der Waals surface area contributed by atoms with E-state index in [1.807, 2.05) is 23.1 Å². The van der Waals surface area contributed by atoms with Crippen LogP contribution in [-0.4, -0.2) is 51.5 Å². The number of aromatic nitrogens is 1. The molecule has 0 spiro atoms. The van der Waals surface area contributed by atoms with Gasteiger partial charge in [-0.3, -0.25) is 14.7 Å². The van der Waals surface area contributed by atoms with Crippen LogP contribution in [0.2, 0.25) is 0 Å². The Labute approximate surface area is 167 Å². The molecule has 0 radical (unpaired) electrons. The van der Waals surface area contributed by atoms with E-state index in [1.54, 1.807) is 12.4 Å². The second kappa shape index (κ2) is 8.41. The largest absolute Gasteiger partial charge is 0.385 e. The summed E-state index contributed by atoms with van der Waals surface area (Å²) < 4.78 is 0. The van der Waals surface area contributed by atoms with Gasteiger partial charge in [-0.05, 0) is 43.9 Å². The Bertz CT molecular complexity index is 773. The van der Waals surface area contributed by atoms with Crippen LogP contribution < -0.4 is 0 Å². The molecule has 1 aromatic heterocycles. The van der Waals surface area contributed by atoms with Gasteiger partial charge in [0.2, 0.25) is 5.91 Å². The van der Waals surface area contributed by atoms with Crippen LogP contribution in [-0.2, 0) is 16.9 Å². The quantitative estimate of drug-likeness (QED) is 0.887. The van der Waals surface area contributed by atoms with Gasteiger partial charge in [-0.15, -0.1) is 0 Å². The molecule has 2 aliphatic heterocycles. The molecule has 3 heterocycles. The highest BCUT2D eigenvalue weighted by molar-refractivity contribution is 5.82. The van der Waals surface area contributed by atoms with Crippen molar-refractivity contribution < 1.29 is 9.90 Å². The van der Waals surface area contributed by atoms with Crippen LogP contribution in [0.25, 0.3) is 0 Å². The predicted octanol–water partition coefficient (Wildman–Crippen LogP) is 2.95. The number of likely N-dealkylation sites (tertiary alicyclic amines) is 2. The molecule has 0 bridgehead atoms. The van der Waals surface area contributed by atoms with E-state index < -0.39 is 5.60 Å². The standard InChI is InChI=1S/C23H29N3O2/c27-22(21-10-4-5-14-26(21)18-19-7-2-1-3-8-19)25-15-11-23(28,12-16-25)20-9-6-13-24-17-20/h1-3,6-9,13,17,21,28H,4-5,10-12,14-16,18H2/t21-/m0/s1. The average molecular weight is 380 g/mol. The fourth-order valence-corrected chi connectivity index (χ4v) is 4.51. The Hall–Kier alpha value is -2.24. The van der Waals surface area contributed by atoms with Crippen molar-refractivity contribution in [2.75, 3.05) is 19.6 Å². The van der Waals surface area contributed by atoms with Crippen LogP contribution in [0.3, 0.4) is 0 Å². The van der Waals surface area contributed by atoms with Crippen LogP contribution in [0.15, 0.2) is 54.9 Å². The topological polar surface area (TPSA) is 56.7 Å². The minimum atomic E-state index is -0.874. The number of aliphatic hydroxyl groups is 1. The van der Waals surface area contributed by atoms with Gasteiger partial charge in [0.15, 0.2) is 0 Å².